The Hall–Kier alpha value is -1.06. The van der Waals surface area contributed by atoms with Crippen molar-refractivity contribution in [1.82, 2.24) is 0 Å². The van der Waals surface area contributed by atoms with Gasteiger partial charge < -0.3 is 0 Å². The van der Waals surface area contributed by atoms with E-state index in [1.807, 2.05) is 36.4 Å². The predicted molar refractivity (Wildman–Crippen MR) is 115 cm³/mol. The molecular weight excluding hydrogens is 394 g/mol. The molecule has 0 amide bonds. The fourth-order valence-corrected chi connectivity index (χ4v) is 6.20. The van der Waals surface area contributed by atoms with Crippen molar-refractivity contribution >= 4 is 17.3 Å². The van der Waals surface area contributed by atoms with Gasteiger partial charge in [0.25, 0.3) is 0 Å². The van der Waals surface area contributed by atoms with Crippen LogP contribution in [0.5, 0.6) is 0 Å². The fraction of sp³-hybridized carbons (Fsp3) is 0.429. The zero-order valence-electron chi connectivity index (χ0n) is 16.6. The molecule has 1 aliphatic carbocycles. The number of hydrogen-bond acceptors (Lipinski definition) is 3. The van der Waals surface area contributed by atoms with Gasteiger partial charge in [-0.25, -0.2) is 0 Å². The van der Waals surface area contributed by atoms with Crippen LogP contribution >= 0.6 is 17.3 Å². The zero-order valence-corrected chi connectivity index (χ0v) is 19.5. The molecule has 0 spiro atoms. The molecule has 0 heterocycles. The van der Waals surface area contributed by atoms with Gasteiger partial charge in [-0.3, -0.25) is 0 Å². The molecule has 154 valence electrons. The molecule has 0 aliphatic heterocycles. The summed E-state index contributed by atoms with van der Waals surface area (Å²) in [5.74, 6) is 0.0232. The summed E-state index contributed by atoms with van der Waals surface area (Å²) in [7, 11) is -4.03. The first-order valence-electron chi connectivity index (χ1n) is 9.56. The van der Waals surface area contributed by atoms with Crippen molar-refractivity contribution < 1.29 is 23.4 Å². The van der Waals surface area contributed by atoms with Crippen molar-refractivity contribution in [3.63, 3.8) is 0 Å². The predicted octanol–water partition coefficient (Wildman–Crippen LogP) is 4.51. The molecule has 2 aromatic rings. The zero-order chi connectivity index (χ0) is 20.4. The van der Waals surface area contributed by atoms with Crippen molar-refractivity contribution in [3.05, 3.63) is 71.8 Å². The minimum atomic E-state index is -4.55. The van der Waals surface area contributed by atoms with E-state index in [0.29, 0.717) is 22.3 Å². The third-order valence-electron chi connectivity index (χ3n) is 5.72. The Morgan fingerprint density at radius 3 is 1.93 bits per heavy atom. The Labute approximate surface area is 169 Å². The van der Waals surface area contributed by atoms with Crippen LogP contribution in [0, 0.1) is 11.3 Å². The molecule has 2 atom stereocenters. The monoisotopic (exact) mass is 424 g/mol. The van der Waals surface area contributed by atoms with E-state index in [1.54, 1.807) is 0 Å². The van der Waals surface area contributed by atoms with Gasteiger partial charge in [-0.05, 0) is 0 Å². The van der Waals surface area contributed by atoms with Gasteiger partial charge in [0.2, 0.25) is 0 Å². The first-order chi connectivity index (χ1) is 13.2. The second-order valence-electron chi connectivity index (χ2n) is 8.39. The van der Waals surface area contributed by atoms with Crippen LogP contribution in [0.2, 0.25) is 0 Å². The molecular formula is C21H30O5P2. The van der Waals surface area contributed by atoms with Crippen LogP contribution in [0.25, 0.3) is 0 Å². The summed E-state index contributed by atoms with van der Waals surface area (Å²) in [6, 6.07) is 20.3. The molecule has 3 rings (SSSR count). The average molecular weight is 424 g/mol. The Balaban J connectivity index is 2.10. The van der Waals surface area contributed by atoms with Crippen LogP contribution in [0.1, 0.15) is 44.2 Å². The van der Waals surface area contributed by atoms with Gasteiger partial charge in [-0.2, -0.15) is 0 Å². The SMILES string of the molecule is CC1(C)CC(OP(=O)(O)O)CC(C(O[PH4])(c2ccccc2)c2ccccc2)C1. The van der Waals surface area contributed by atoms with E-state index in [4.69, 9.17) is 9.05 Å². The molecule has 1 aliphatic rings. The van der Waals surface area contributed by atoms with Crippen molar-refractivity contribution in [3.8, 4) is 0 Å². The van der Waals surface area contributed by atoms with Crippen LogP contribution < -0.4 is 0 Å². The van der Waals surface area contributed by atoms with E-state index in [-0.39, 0.29) is 11.3 Å². The molecule has 2 N–H and O–H groups in total. The molecule has 1 saturated carbocycles. The number of phosphoric ester groups is 1. The maximum absolute atomic E-state index is 11.5. The summed E-state index contributed by atoms with van der Waals surface area (Å²) in [5, 5.41) is 0. The molecule has 5 nitrogen and oxygen atoms in total. The van der Waals surface area contributed by atoms with Gasteiger partial charge in [0.1, 0.15) is 0 Å². The number of hydrogen-bond donors (Lipinski definition) is 2. The van der Waals surface area contributed by atoms with E-state index in [1.165, 1.54) is 0 Å². The van der Waals surface area contributed by atoms with Crippen LogP contribution in [0.3, 0.4) is 0 Å². The van der Waals surface area contributed by atoms with E-state index < -0.39 is 19.5 Å². The van der Waals surface area contributed by atoms with Gasteiger partial charge in [0, 0.05) is 0 Å². The van der Waals surface area contributed by atoms with Crippen LogP contribution in [0.15, 0.2) is 60.7 Å². The number of rotatable bonds is 6. The molecule has 2 aromatic carbocycles. The molecule has 0 radical (unpaired) electrons. The summed E-state index contributed by atoms with van der Waals surface area (Å²) in [4.78, 5) is 18.8. The standard InChI is InChI=1S/C21H30O5P2/c1-20(2)14-18(13-19(15-20)25-28(22,23)24)21(26-27,16-9-5-3-6-10-16)17-11-7-4-8-12-17/h3-12,18-19H,13-15H2,1-2H3,27H4,(H2,22,23,24). The van der Waals surface area contributed by atoms with E-state index >= 15 is 0 Å². The summed E-state index contributed by atoms with van der Waals surface area (Å²) in [6.45, 7) is 4.26. The van der Waals surface area contributed by atoms with Gasteiger partial charge in [0.05, 0.1) is 0 Å². The van der Waals surface area contributed by atoms with Crippen molar-refractivity contribution in [2.45, 2.75) is 44.8 Å². The molecule has 0 saturated heterocycles. The first kappa shape index (κ1) is 21.6. The van der Waals surface area contributed by atoms with E-state index in [0.717, 1.165) is 17.5 Å². The molecule has 0 bridgehead atoms. The Morgan fingerprint density at radius 1 is 1.00 bits per heavy atom. The summed E-state index contributed by atoms with van der Waals surface area (Å²) < 4.78 is 23.1. The molecule has 1 fully saturated rings. The van der Waals surface area contributed by atoms with Crippen LogP contribution in [-0.4, -0.2) is 15.9 Å². The molecule has 0 aromatic heterocycles. The van der Waals surface area contributed by atoms with Crippen molar-refractivity contribution in [2.75, 3.05) is 0 Å². The number of phosphoric acid groups is 1. The van der Waals surface area contributed by atoms with Crippen LogP contribution in [-0.2, 0) is 19.2 Å². The van der Waals surface area contributed by atoms with Crippen molar-refractivity contribution in [1.29, 1.82) is 0 Å². The van der Waals surface area contributed by atoms with E-state index in [9.17, 15) is 14.4 Å². The maximum atomic E-state index is 11.5. The molecule has 2 unspecified atom stereocenters. The summed E-state index contributed by atoms with van der Waals surface area (Å²) in [6.07, 6.45) is 1.49. The van der Waals surface area contributed by atoms with E-state index in [2.05, 4.69) is 38.1 Å². The topological polar surface area (TPSA) is 76.0 Å². The quantitative estimate of drug-likeness (QED) is 0.668. The number of benzene rings is 2. The third-order valence-corrected chi connectivity index (χ3v) is 6.93. The minimum absolute atomic E-state index is 0.0232. The Bertz CT molecular complexity index is 780. The summed E-state index contributed by atoms with van der Waals surface area (Å²) >= 11 is 0. The first-order valence-corrected chi connectivity index (χ1v) is 11.9. The van der Waals surface area contributed by atoms with Gasteiger partial charge in [0.15, 0.2) is 0 Å². The molecule has 28 heavy (non-hydrogen) atoms. The normalized spacial score (nSPS) is 22.8. The summed E-state index contributed by atoms with van der Waals surface area (Å²) in [5.41, 5.74) is 1.34. The Morgan fingerprint density at radius 2 is 1.50 bits per heavy atom. The van der Waals surface area contributed by atoms with Gasteiger partial charge in [-0.15, -0.1) is 0 Å². The van der Waals surface area contributed by atoms with Gasteiger partial charge >= 0.3 is 169 Å². The second kappa shape index (κ2) is 8.36. The van der Waals surface area contributed by atoms with Crippen LogP contribution in [0.4, 0.5) is 0 Å². The fourth-order valence-electron chi connectivity index (χ4n) is 4.85. The average Bonchev–Trinajstić information content (AvgIpc) is 2.62. The van der Waals surface area contributed by atoms with Crippen molar-refractivity contribution in [2.24, 2.45) is 11.3 Å². The molecule has 7 heteroatoms. The second-order valence-corrected chi connectivity index (χ2v) is 10.00. The third kappa shape index (κ3) is 4.74. The Kier molecular flexibility index (Phi) is 6.46. The van der Waals surface area contributed by atoms with Gasteiger partial charge in [-0.1, -0.05) is 0 Å².